The van der Waals surface area contributed by atoms with E-state index in [1.165, 1.54) is 33.0 Å². The van der Waals surface area contributed by atoms with Gasteiger partial charge < -0.3 is 9.80 Å². The fourth-order valence-corrected chi connectivity index (χ4v) is 7.50. The quantitative estimate of drug-likeness (QED) is 0.428. The normalized spacial score (nSPS) is 34.4. The third-order valence-corrected chi connectivity index (χ3v) is 10.1. The molecule has 0 spiro atoms. The first-order chi connectivity index (χ1) is 19.0. The Balaban J connectivity index is 1.10. The molecule has 4 nitrogen and oxygen atoms in total. The molecule has 1 N–H and O–H groups in total. The monoisotopic (exact) mass is 530 g/mol. The van der Waals surface area contributed by atoms with E-state index in [2.05, 4.69) is 127 Å². The van der Waals surface area contributed by atoms with Crippen LogP contribution >= 0.6 is 11.8 Å². The number of allylic oxidation sites excluding steroid dienone is 11. The van der Waals surface area contributed by atoms with Crippen molar-refractivity contribution in [1.82, 2.24) is 10.2 Å². The van der Waals surface area contributed by atoms with Crippen molar-refractivity contribution < 1.29 is 0 Å². The van der Waals surface area contributed by atoms with Crippen LogP contribution in [-0.4, -0.2) is 28.7 Å². The minimum atomic E-state index is -0.227. The first kappa shape index (κ1) is 24.5. The average molecular weight is 531 g/mol. The highest BCUT2D eigenvalue weighted by atomic mass is 32.2. The summed E-state index contributed by atoms with van der Waals surface area (Å²) in [6, 6.07) is 9.46. The molecule has 7 rings (SSSR count). The first-order valence-corrected chi connectivity index (χ1v) is 14.8. The van der Waals surface area contributed by atoms with Crippen LogP contribution in [0, 0.1) is 5.92 Å². The summed E-state index contributed by atoms with van der Waals surface area (Å²) in [4.78, 5) is 11.1. The minimum Gasteiger partial charge on any atom is -0.334 e. The molecule has 196 valence electrons. The van der Waals surface area contributed by atoms with Gasteiger partial charge in [-0.1, -0.05) is 68.2 Å². The van der Waals surface area contributed by atoms with Crippen molar-refractivity contribution in [1.29, 1.82) is 0 Å². The van der Waals surface area contributed by atoms with Crippen LogP contribution in [-0.2, 0) is 0 Å². The Morgan fingerprint density at radius 2 is 1.87 bits per heavy atom. The molecule has 0 amide bonds. The van der Waals surface area contributed by atoms with Crippen LogP contribution in [0.3, 0.4) is 0 Å². The number of hydrogen-bond donors (Lipinski definition) is 1. The number of nitrogens with zero attached hydrogens (tertiary/aromatic N) is 3. The maximum absolute atomic E-state index is 4.94. The van der Waals surface area contributed by atoms with Crippen molar-refractivity contribution in [2.24, 2.45) is 10.9 Å². The highest BCUT2D eigenvalue weighted by Gasteiger charge is 2.36. The molecule has 0 aromatic heterocycles. The average Bonchev–Trinajstić information content (AvgIpc) is 3.63. The van der Waals surface area contributed by atoms with Crippen molar-refractivity contribution in [3.05, 3.63) is 136 Å². The standard InChI is InChI=1S/C34H34N4S/c1-21-8-5-6-9-23(3)37(30(21)18-19-32-28-17-12-22(2)33(28)39-32)34-35-20-29(36-34)25-13-15-26(16-14-25)38-24(4)27-10-7-11-31(27)38/h5-9,11-20,22,24,29,32,34,36H,3,10H2,1-2,4H3/b8-5-,9-6-,19-18-,30-21-. The summed E-state index contributed by atoms with van der Waals surface area (Å²) >= 11 is 1.98. The number of benzene rings is 1. The van der Waals surface area contributed by atoms with E-state index in [0.717, 1.165) is 17.8 Å². The molecular weight excluding hydrogens is 496 g/mol. The van der Waals surface area contributed by atoms with Crippen LogP contribution in [0.5, 0.6) is 0 Å². The minimum absolute atomic E-state index is 0.0438. The third kappa shape index (κ3) is 4.07. The molecule has 5 atom stereocenters. The van der Waals surface area contributed by atoms with Crippen LogP contribution in [0.2, 0.25) is 0 Å². The van der Waals surface area contributed by atoms with Crippen LogP contribution in [0.15, 0.2) is 135 Å². The number of aliphatic imine (C=N–C) groups is 1. The van der Waals surface area contributed by atoms with Crippen LogP contribution in [0.25, 0.3) is 0 Å². The van der Waals surface area contributed by atoms with Crippen molar-refractivity contribution in [2.75, 3.05) is 4.90 Å². The van der Waals surface area contributed by atoms with E-state index >= 15 is 0 Å². The molecule has 0 saturated carbocycles. The van der Waals surface area contributed by atoms with Gasteiger partial charge in [-0.3, -0.25) is 10.3 Å². The van der Waals surface area contributed by atoms with E-state index in [9.17, 15) is 0 Å². The second-order valence-electron chi connectivity index (χ2n) is 11.0. The fourth-order valence-electron chi connectivity index (χ4n) is 6.30. The topological polar surface area (TPSA) is 30.9 Å². The lowest BCUT2D eigenvalue weighted by molar-refractivity contribution is 0.293. The van der Waals surface area contributed by atoms with Gasteiger partial charge in [-0.25, -0.2) is 0 Å². The third-order valence-electron chi connectivity index (χ3n) is 8.54. The molecule has 5 heteroatoms. The van der Waals surface area contributed by atoms with Gasteiger partial charge in [0.15, 0.2) is 6.29 Å². The van der Waals surface area contributed by atoms with E-state index in [1.54, 1.807) is 5.57 Å². The maximum atomic E-state index is 4.94. The van der Waals surface area contributed by atoms with E-state index in [-0.39, 0.29) is 12.3 Å². The molecule has 39 heavy (non-hydrogen) atoms. The molecule has 0 saturated heterocycles. The SMILES string of the molecule is C=C1\C=C/C=C\C(C)=C(\C=C/C2SC3=C2C=CC3C)N1C1N=CC(c2ccc(N3C4=C(CC=C4)C3C)cc2)N1. The van der Waals surface area contributed by atoms with Crippen LogP contribution in [0.4, 0.5) is 5.69 Å². The lowest BCUT2D eigenvalue weighted by Gasteiger charge is -2.42. The number of rotatable bonds is 5. The summed E-state index contributed by atoms with van der Waals surface area (Å²) in [7, 11) is 0. The van der Waals surface area contributed by atoms with Gasteiger partial charge in [0.1, 0.15) is 0 Å². The Kier molecular flexibility index (Phi) is 6.02. The molecule has 1 aromatic carbocycles. The van der Waals surface area contributed by atoms with Gasteiger partial charge in [-0.05, 0) is 77.8 Å². The lowest BCUT2D eigenvalue weighted by atomic mass is 9.94. The van der Waals surface area contributed by atoms with Gasteiger partial charge in [-0.15, -0.1) is 11.8 Å². The molecule has 0 fully saturated rings. The van der Waals surface area contributed by atoms with E-state index in [1.807, 2.05) is 18.0 Å². The Morgan fingerprint density at radius 3 is 2.69 bits per heavy atom. The molecule has 2 aliphatic carbocycles. The fraction of sp³-hybridized carbons (Fsp3) is 0.265. The summed E-state index contributed by atoms with van der Waals surface area (Å²) in [6.45, 7) is 11.1. The predicted octanol–water partition coefficient (Wildman–Crippen LogP) is 7.46. The van der Waals surface area contributed by atoms with Crippen molar-refractivity contribution in [3.8, 4) is 0 Å². The number of anilines is 1. The first-order valence-electron chi connectivity index (χ1n) is 13.9. The van der Waals surface area contributed by atoms with E-state index < -0.39 is 0 Å². The Bertz CT molecular complexity index is 1510. The van der Waals surface area contributed by atoms with Gasteiger partial charge in [0.05, 0.1) is 17.3 Å². The Morgan fingerprint density at radius 1 is 1.05 bits per heavy atom. The Labute approximate surface area is 235 Å². The molecule has 4 aliphatic heterocycles. The molecule has 1 aromatic rings. The van der Waals surface area contributed by atoms with Crippen LogP contribution in [0.1, 0.15) is 38.8 Å². The second kappa shape index (κ2) is 9.58. The summed E-state index contributed by atoms with van der Waals surface area (Å²) < 4.78 is 0. The van der Waals surface area contributed by atoms with Gasteiger partial charge >= 0.3 is 0 Å². The smallest absolute Gasteiger partial charge is 0.180 e. The molecule has 5 unspecified atom stereocenters. The van der Waals surface area contributed by atoms with Gasteiger partial charge in [0.2, 0.25) is 0 Å². The maximum Gasteiger partial charge on any atom is 0.180 e. The van der Waals surface area contributed by atoms with E-state index in [4.69, 9.17) is 4.99 Å². The predicted molar refractivity (Wildman–Crippen MR) is 165 cm³/mol. The number of nitrogens with one attached hydrogen (secondary N) is 1. The summed E-state index contributed by atoms with van der Waals surface area (Å²) in [5.41, 5.74) is 10.1. The highest BCUT2D eigenvalue weighted by molar-refractivity contribution is 8.05. The lowest BCUT2D eigenvalue weighted by Crippen LogP contribution is -2.42. The molecule has 6 aliphatic rings. The largest absolute Gasteiger partial charge is 0.334 e. The van der Waals surface area contributed by atoms with Gasteiger partial charge in [-0.2, -0.15) is 0 Å². The van der Waals surface area contributed by atoms with Gasteiger partial charge in [0.25, 0.3) is 0 Å². The molecule has 0 bridgehead atoms. The summed E-state index contributed by atoms with van der Waals surface area (Å²) in [5, 5.41) is 4.15. The van der Waals surface area contributed by atoms with Crippen molar-refractivity contribution in [3.63, 3.8) is 0 Å². The van der Waals surface area contributed by atoms with Crippen molar-refractivity contribution >= 4 is 23.7 Å². The molecular formula is C34H34N4S. The second-order valence-corrected chi connectivity index (χ2v) is 12.2. The zero-order valence-corrected chi connectivity index (χ0v) is 23.5. The summed E-state index contributed by atoms with van der Waals surface area (Å²) in [6.07, 6.45) is 25.0. The molecule has 4 heterocycles. The number of hydrogen-bond acceptors (Lipinski definition) is 5. The van der Waals surface area contributed by atoms with E-state index in [0.29, 0.717) is 17.2 Å². The Hall–Kier alpha value is -3.54. The molecule has 0 radical (unpaired) electrons. The zero-order valence-electron chi connectivity index (χ0n) is 22.7. The van der Waals surface area contributed by atoms with Crippen LogP contribution < -0.4 is 10.2 Å². The zero-order chi connectivity index (χ0) is 26.7. The highest BCUT2D eigenvalue weighted by Crippen LogP contribution is 2.50. The summed E-state index contributed by atoms with van der Waals surface area (Å²) in [5.74, 6) is 0.563. The number of thioether (sulfide) groups is 1. The van der Waals surface area contributed by atoms with Crippen molar-refractivity contribution in [2.45, 2.75) is 50.8 Å². The van der Waals surface area contributed by atoms with Gasteiger partial charge in [0, 0.05) is 34.9 Å².